The van der Waals surface area contributed by atoms with Gasteiger partial charge in [0, 0.05) is 31.9 Å². The van der Waals surface area contributed by atoms with Crippen LogP contribution >= 0.6 is 0 Å². The zero-order valence-electron chi connectivity index (χ0n) is 18.2. The third-order valence-corrected chi connectivity index (χ3v) is 6.82. The Balaban J connectivity index is 1.70. The van der Waals surface area contributed by atoms with Gasteiger partial charge in [-0.25, -0.2) is 8.42 Å². The molecule has 0 N–H and O–H groups in total. The van der Waals surface area contributed by atoms with Gasteiger partial charge in [-0.1, -0.05) is 18.2 Å². The molecule has 0 atom stereocenters. The van der Waals surface area contributed by atoms with Crippen LogP contribution in [-0.4, -0.2) is 58.2 Å². The number of amides is 1. The largest absolute Gasteiger partial charge is 0.416 e. The minimum Gasteiger partial charge on any atom is -0.368 e. The number of hydrogen-bond acceptors (Lipinski definition) is 4. The van der Waals surface area contributed by atoms with Gasteiger partial charge in [-0.15, -0.1) is 0 Å². The van der Waals surface area contributed by atoms with E-state index in [0.717, 1.165) is 33.8 Å². The van der Waals surface area contributed by atoms with E-state index in [1.54, 1.807) is 34.9 Å². The summed E-state index contributed by atoms with van der Waals surface area (Å²) in [4.78, 5) is 16.2. The van der Waals surface area contributed by atoms with Crippen LogP contribution in [0.25, 0.3) is 0 Å². The molecule has 2 aromatic carbocycles. The lowest BCUT2D eigenvalue weighted by Crippen LogP contribution is -2.52. The Kier molecular flexibility index (Phi) is 6.73. The van der Waals surface area contributed by atoms with Gasteiger partial charge in [0.1, 0.15) is 6.54 Å². The van der Waals surface area contributed by atoms with Crippen molar-refractivity contribution < 1.29 is 26.4 Å². The Labute approximate surface area is 186 Å². The summed E-state index contributed by atoms with van der Waals surface area (Å²) in [6.45, 7) is 4.64. The van der Waals surface area contributed by atoms with Crippen molar-refractivity contribution in [1.82, 2.24) is 4.90 Å². The van der Waals surface area contributed by atoms with Crippen LogP contribution in [0.3, 0.4) is 0 Å². The predicted molar refractivity (Wildman–Crippen MR) is 118 cm³/mol. The van der Waals surface area contributed by atoms with Crippen molar-refractivity contribution in [3.63, 3.8) is 0 Å². The van der Waals surface area contributed by atoms with E-state index in [4.69, 9.17) is 0 Å². The summed E-state index contributed by atoms with van der Waals surface area (Å²) in [5, 5.41) is 0. The Morgan fingerprint density at radius 3 is 2.25 bits per heavy atom. The maximum absolute atomic E-state index is 13.0. The standard InChI is InChI=1S/C22H26F3N3O3S/c1-16-6-4-9-20(17(16)2)28(32(3,30)31)15-21(29)27-12-10-26(11-13-27)19-8-5-7-18(14-19)22(23,24)25/h4-9,14H,10-13,15H2,1-3H3. The molecule has 1 fully saturated rings. The molecule has 1 aliphatic heterocycles. The van der Waals surface area contributed by atoms with Crippen LogP contribution in [0.4, 0.5) is 24.5 Å². The number of hydrogen-bond donors (Lipinski definition) is 0. The van der Waals surface area contributed by atoms with Crippen molar-refractivity contribution in [2.24, 2.45) is 0 Å². The fraction of sp³-hybridized carbons (Fsp3) is 0.409. The molecule has 0 bridgehead atoms. The van der Waals surface area contributed by atoms with E-state index >= 15 is 0 Å². The van der Waals surface area contributed by atoms with Gasteiger partial charge >= 0.3 is 6.18 Å². The van der Waals surface area contributed by atoms with Gasteiger partial charge in [0.25, 0.3) is 0 Å². The zero-order valence-corrected chi connectivity index (χ0v) is 19.0. The second-order valence-electron chi connectivity index (χ2n) is 7.90. The monoisotopic (exact) mass is 469 g/mol. The molecule has 0 radical (unpaired) electrons. The summed E-state index contributed by atoms with van der Waals surface area (Å²) in [5.41, 5.74) is 1.88. The number of piperazine rings is 1. The number of nitrogens with zero attached hydrogens (tertiary/aromatic N) is 3. The maximum atomic E-state index is 13.0. The highest BCUT2D eigenvalue weighted by atomic mass is 32.2. The number of sulfonamides is 1. The first kappa shape index (κ1) is 23.9. The van der Waals surface area contributed by atoms with E-state index < -0.39 is 21.8 Å². The van der Waals surface area contributed by atoms with Crippen molar-refractivity contribution in [3.05, 3.63) is 59.2 Å². The molecule has 10 heteroatoms. The van der Waals surface area contributed by atoms with Gasteiger partial charge in [-0.05, 0) is 49.2 Å². The first-order valence-corrected chi connectivity index (χ1v) is 12.0. The molecule has 1 aliphatic rings. The maximum Gasteiger partial charge on any atom is 0.416 e. The second-order valence-corrected chi connectivity index (χ2v) is 9.81. The van der Waals surface area contributed by atoms with Crippen LogP contribution in [-0.2, 0) is 21.0 Å². The molecule has 1 heterocycles. The van der Waals surface area contributed by atoms with E-state index in [1.165, 1.54) is 6.07 Å². The molecule has 0 aliphatic carbocycles. The quantitative estimate of drug-likeness (QED) is 0.673. The Morgan fingerprint density at radius 1 is 1.03 bits per heavy atom. The average molecular weight is 470 g/mol. The molecule has 0 spiro atoms. The smallest absolute Gasteiger partial charge is 0.368 e. The van der Waals surface area contributed by atoms with Crippen LogP contribution in [0.15, 0.2) is 42.5 Å². The number of anilines is 2. The molecule has 0 unspecified atom stereocenters. The third kappa shape index (κ3) is 5.35. The molecular weight excluding hydrogens is 443 g/mol. The highest BCUT2D eigenvalue weighted by Crippen LogP contribution is 2.32. The predicted octanol–water partition coefficient (Wildman–Crippen LogP) is 3.44. The lowest BCUT2D eigenvalue weighted by molar-refractivity contribution is -0.137. The highest BCUT2D eigenvalue weighted by molar-refractivity contribution is 7.92. The van der Waals surface area contributed by atoms with Crippen LogP contribution in [0, 0.1) is 13.8 Å². The lowest BCUT2D eigenvalue weighted by atomic mass is 10.1. The van der Waals surface area contributed by atoms with Gasteiger partial charge in [0.15, 0.2) is 0 Å². The van der Waals surface area contributed by atoms with Gasteiger partial charge in [0.05, 0.1) is 17.5 Å². The Hall–Kier alpha value is -2.75. The third-order valence-electron chi connectivity index (χ3n) is 5.69. The topological polar surface area (TPSA) is 60.9 Å². The van der Waals surface area contributed by atoms with Gasteiger partial charge in [-0.3, -0.25) is 9.10 Å². The van der Waals surface area contributed by atoms with Crippen LogP contribution < -0.4 is 9.21 Å². The molecule has 3 rings (SSSR count). The molecule has 1 saturated heterocycles. The van der Waals surface area contributed by atoms with Crippen LogP contribution in [0.2, 0.25) is 0 Å². The van der Waals surface area contributed by atoms with E-state index in [-0.39, 0.29) is 12.5 Å². The number of carbonyl (C=O) groups is 1. The number of rotatable bonds is 5. The molecule has 32 heavy (non-hydrogen) atoms. The first-order chi connectivity index (χ1) is 14.9. The number of benzene rings is 2. The fourth-order valence-electron chi connectivity index (χ4n) is 3.70. The number of halogens is 3. The lowest BCUT2D eigenvalue weighted by Gasteiger charge is -2.37. The van der Waals surface area contributed by atoms with Crippen molar-refractivity contribution in [2.45, 2.75) is 20.0 Å². The van der Waals surface area contributed by atoms with Gasteiger partial charge < -0.3 is 9.80 Å². The van der Waals surface area contributed by atoms with Crippen LogP contribution in [0.1, 0.15) is 16.7 Å². The zero-order chi connectivity index (χ0) is 23.7. The Bertz CT molecular complexity index is 1100. The highest BCUT2D eigenvalue weighted by Gasteiger charge is 2.32. The minimum atomic E-state index is -4.42. The summed E-state index contributed by atoms with van der Waals surface area (Å²) in [5.74, 6) is -0.347. The average Bonchev–Trinajstić information content (AvgIpc) is 2.73. The number of carbonyl (C=O) groups excluding carboxylic acids is 1. The van der Waals surface area contributed by atoms with Gasteiger partial charge in [-0.2, -0.15) is 13.2 Å². The molecule has 0 aromatic heterocycles. The van der Waals surface area contributed by atoms with Crippen molar-refractivity contribution in [3.8, 4) is 0 Å². The summed E-state index contributed by atoms with van der Waals surface area (Å²) in [6, 6.07) is 10.4. The Morgan fingerprint density at radius 2 is 1.66 bits per heavy atom. The summed E-state index contributed by atoms with van der Waals surface area (Å²) in [7, 11) is -3.69. The molecular formula is C22H26F3N3O3S. The molecule has 6 nitrogen and oxygen atoms in total. The molecule has 0 saturated carbocycles. The fourth-order valence-corrected chi connectivity index (χ4v) is 4.60. The molecule has 174 valence electrons. The van der Waals surface area contributed by atoms with Crippen LogP contribution in [0.5, 0.6) is 0 Å². The number of aryl methyl sites for hydroxylation is 1. The van der Waals surface area contributed by atoms with E-state index in [9.17, 15) is 26.4 Å². The van der Waals surface area contributed by atoms with E-state index in [1.807, 2.05) is 13.0 Å². The SMILES string of the molecule is Cc1cccc(N(CC(=O)N2CCN(c3cccc(C(F)(F)F)c3)CC2)S(C)(=O)=O)c1C. The normalized spacial score (nSPS) is 15.1. The first-order valence-electron chi connectivity index (χ1n) is 10.1. The van der Waals surface area contributed by atoms with Crippen molar-refractivity contribution in [2.75, 3.05) is 48.2 Å². The molecule has 1 amide bonds. The minimum absolute atomic E-state index is 0.291. The number of alkyl halides is 3. The van der Waals surface area contributed by atoms with E-state index in [2.05, 4.69) is 0 Å². The summed E-state index contributed by atoms with van der Waals surface area (Å²) >= 11 is 0. The second kappa shape index (κ2) is 9.01. The molecule has 2 aromatic rings. The van der Waals surface area contributed by atoms with Gasteiger partial charge in [0.2, 0.25) is 15.9 Å². The van der Waals surface area contributed by atoms with Crippen molar-refractivity contribution in [1.29, 1.82) is 0 Å². The summed E-state index contributed by atoms with van der Waals surface area (Å²) < 4.78 is 64.9. The van der Waals surface area contributed by atoms with E-state index in [0.29, 0.717) is 37.6 Å². The summed E-state index contributed by atoms with van der Waals surface area (Å²) in [6.07, 6.45) is -3.36. The van der Waals surface area contributed by atoms with Crippen molar-refractivity contribution >= 4 is 27.3 Å².